The Bertz CT molecular complexity index is 620. The minimum atomic E-state index is 0.00461. The molecular formula is C17H19BrN2O. The summed E-state index contributed by atoms with van der Waals surface area (Å²) in [5.41, 5.74) is 4.30. The molecule has 2 N–H and O–H groups in total. The van der Waals surface area contributed by atoms with Crippen LogP contribution in [0.2, 0.25) is 0 Å². The number of aryl methyl sites for hydroxylation is 2. The van der Waals surface area contributed by atoms with Crippen molar-refractivity contribution in [2.75, 3.05) is 17.2 Å². The van der Waals surface area contributed by atoms with Gasteiger partial charge >= 0.3 is 0 Å². The largest absolute Gasteiger partial charge is 0.385 e. The second-order valence-corrected chi connectivity index (χ2v) is 6.03. The molecule has 0 aliphatic heterocycles. The van der Waals surface area contributed by atoms with Gasteiger partial charge in [0.1, 0.15) is 0 Å². The number of anilines is 2. The topological polar surface area (TPSA) is 41.1 Å². The first-order valence-corrected chi connectivity index (χ1v) is 7.70. The fourth-order valence-corrected chi connectivity index (χ4v) is 2.59. The summed E-state index contributed by atoms with van der Waals surface area (Å²) in [5.74, 6) is 0.00461. The second kappa shape index (κ2) is 7.27. The standard InChI is InChI=1S/C17H19BrN2O/c1-12-8-13(2)10-16(9-12)19-7-6-17(21)20-15-5-3-4-14(18)11-15/h3-5,8-11,19H,6-7H2,1-2H3,(H,20,21). The van der Waals surface area contributed by atoms with Crippen LogP contribution >= 0.6 is 15.9 Å². The van der Waals surface area contributed by atoms with E-state index in [0.717, 1.165) is 15.8 Å². The molecule has 0 atom stereocenters. The molecule has 0 spiro atoms. The molecule has 0 radical (unpaired) electrons. The summed E-state index contributed by atoms with van der Waals surface area (Å²) in [7, 11) is 0. The van der Waals surface area contributed by atoms with Crippen molar-refractivity contribution in [3.8, 4) is 0 Å². The third kappa shape index (κ3) is 5.23. The van der Waals surface area contributed by atoms with Crippen LogP contribution in [-0.2, 0) is 4.79 Å². The Morgan fingerprint density at radius 2 is 1.76 bits per heavy atom. The molecule has 0 fully saturated rings. The lowest BCUT2D eigenvalue weighted by Crippen LogP contribution is -2.16. The Morgan fingerprint density at radius 3 is 2.43 bits per heavy atom. The van der Waals surface area contributed by atoms with Crippen LogP contribution in [0.3, 0.4) is 0 Å². The molecule has 0 unspecified atom stereocenters. The average molecular weight is 347 g/mol. The molecule has 1 amide bonds. The van der Waals surface area contributed by atoms with Crippen molar-refractivity contribution in [2.45, 2.75) is 20.3 Å². The van der Waals surface area contributed by atoms with Gasteiger partial charge in [0.05, 0.1) is 0 Å². The maximum atomic E-state index is 11.9. The van der Waals surface area contributed by atoms with E-state index in [4.69, 9.17) is 0 Å². The predicted molar refractivity (Wildman–Crippen MR) is 91.8 cm³/mol. The van der Waals surface area contributed by atoms with Gasteiger partial charge in [0.15, 0.2) is 0 Å². The number of halogens is 1. The van der Waals surface area contributed by atoms with Crippen LogP contribution in [0.5, 0.6) is 0 Å². The van der Waals surface area contributed by atoms with Crippen LogP contribution in [0.25, 0.3) is 0 Å². The molecular weight excluding hydrogens is 328 g/mol. The molecule has 2 aromatic carbocycles. The molecule has 4 heteroatoms. The highest BCUT2D eigenvalue weighted by molar-refractivity contribution is 9.10. The van der Waals surface area contributed by atoms with Crippen LogP contribution < -0.4 is 10.6 Å². The van der Waals surface area contributed by atoms with Crippen LogP contribution in [0.15, 0.2) is 46.9 Å². The molecule has 21 heavy (non-hydrogen) atoms. The number of amides is 1. The number of benzene rings is 2. The fraction of sp³-hybridized carbons (Fsp3) is 0.235. The van der Waals surface area contributed by atoms with Gasteiger partial charge in [0.25, 0.3) is 0 Å². The highest BCUT2D eigenvalue weighted by atomic mass is 79.9. The van der Waals surface area contributed by atoms with E-state index in [2.05, 4.69) is 58.6 Å². The van der Waals surface area contributed by atoms with Crippen molar-refractivity contribution in [2.24, 2.45) is 0 Å². The van der Waals surface area contributed by atoms with E-state index in [9.17, 15) is 4.79 Å². The molecule has 0 saturated heterocycles. The quantitative estimate of drug-likeness (QED) is 0.836. The third-order valence-electron chi connectivity index (χ3n) is 3.01. The maximum absolute atomic E-state index is 11.9. The van der Waals surface area contributed by atoms with Crippen molar-refractivity contribution in [1.82, 2.24) is 0 Å². The second-order valence-electron chi connectivity index (χ2n) is 5.11. The van der Waals surface area contributed by atoms with E-state index in [1.54, 1.807) is 0 Å². The van der Waals surface area contributed by atoms with Gasteiger partial charge < -0.3 is 10.6 Å². The van der Waals surface area contributed by atoms with E-state index in [-0.39, 0.29) is 5.91 Å². The van der Waals surface area contributed by atoms with E-state index < -0.39 is 0 Å². The van der Waals surface area contributed by atoms with Crippen molar-refractivity contribution < 1.29 is 4.79 Å². The van der Waals surface area contributed by atoms with Gasteiger partial charge in [-0.2, -0.15) is 0 Å². The predicted octanol–water partition coefficient (Wildman–Crippen LogP) is 4.51. The lowest BCUT2D eigenvalue weighted by Gasteiger charge is -2.09. The lowest BCUT2D eigenvalue weighted by atomic mass is 10.1. The molecule has 3 nitrogen and oxygen atoms in total. The highest BCUT2D eigenvalue weighted by Crippen LogP contribution is 2.16. The summed E-state index contributed by atoms with van der Waals surface area (Å²) in [6.45, 7) is 4.75. The summed E-state index contributed by atoms with van der Waals surface area (Å²) in [6, 6.07) is 13.9. The Kier molecular flexibility index (Phi) is 5.39. The van der Waals surface area contributed by atoms with E-state index >= 15 is 0 Å². The fourth-order valence-electron chi connectivity index (χ4n) is 2.19. The number of nitrogens with one attached hydrogen (secondary N) is 2. The van der Waals surface area contributed by atoms with E-state index in [1.807, 2.05) is 24.3 Å². The molecule has 0 saturated carbocycles. The molecule has 0 bridgehead atoms. The molecule has 0 aliphatic rings. The summed E-state index contributed by atoms with van der Waals surface area (Å²) in [6.07, 6.45) is 0.430. The van der Waals surface area contributed by atoms with Crippen molar-refractivity contribution in [3.05, 3.63) is 58.1 Å². The monoisotopic (exact) mass is 346 g/mol. The molecule has 0 aliphatic carbocycles. The normalized spacial score (nSPS) is 10.2. The summed E-state index contributed by atoms with van der Waals surface area (Å²) >= 11 is 3.39. The maximum Gasteiger partial charge on any atom is 0.226 e. The molecule has 110 valence electrons. The minimum Gasteiger partial charge on any atom is -0.385 e. The molecule has 0 heterocycles. The van der Waals surface area contributed by atoms with Gasteiger partial charge in [-0.15, -0.1) is 0 Å². The van der Waals surface area contributed by atoms with Gasteiger partial charge in [-0.25, -0.2) is 0 Å². The Balaban J connectivity index is 1.81. The van der Waals surface area contributed by atoms with Crippen LogP contribution in [-0.4, -0.2) is 12.5 Å². The van der Waals surface area contributed by atoms with Gasteiger partial charge in [-0.05, 0) is 55.3 Å². The van der Waals surface area contributed by atoms with Gasteiger partial charge in [-0.1, -0.05) is 28.1 Å². The SMILES string of the molecule is Cc1cc(C)cc(NCCC(=O)Nc2cccc(Br)c2)c1. The van der Waals surface area contributed by atoms with Crippen LogP contribution in [0, 0.1) is 13.8 Å². The summed E-state index contributed by atoms with van der Waals surface area (Å²) < 4.78 is 0.952. The zero-order valence-corrected chi connectivity index (χ0v) is 13.8. The lowest BCUT2D eigenvalue weighted by molar-refractivity contribution is -0.115. The first-order valence-electron chi connectivity index (χ1n) is 6.90. The number of carbonyl (C=O) groups excluding carboxylic acids is 1. The Labute approximate surface area is 133 Å². The van der Waals surface area contributed by atoms with Gasteiger partial charge in [0, 0.05) is 28.8 Å². The highest BCUT2D eigenvalue weighted by Gasteiger charge is 2.03. The number of carbonyl (C=O) groups is 1. The number of rotatable bonds is 5. The third-order valence-corrected chi connectivity index (χ3v) is 3.50. The minimum absolute atomic E-state index is 0.00461. The van der Waals surface area contributed by atoms with Crippen molar-refractivity contribution >= 4 is 33.2 Å². The molecule has 2 rings (SSSR count). The van der Waals surface area contributed by atoms with Crippen LogP contribution in [0.1, 0.15) is 17.5 Å². The number of hydrogen-bond donors (Lipinski definition) is 2. The van der Waals surface area contributed by atoms with E-state index in [0.29, 0.717) is 13.0 Å². The first-order chi connectivity index (χ1) is 10.0. The molecule has 0 aromatic heterocycles. The Hall–Kier alpha value is -1.81. The van der Waals surface area contributed by atoms with Gasteiger partial charge in [0.2, 0.25) is 5.91 Å². The van der Waals surface area contributed by atoms with E-state index in [1.165, 1.54) is 11.1 Å². The summed E-state index contributed by atoms with van der Waals surface area (Å²) in [5, 5.41) is 6.17. The van der Waals surface area contributed by atoms with Crippen LogP contribution in [0.4, 0.5) is 11.4 Å². The zero-order valence-electron chi connectivity index (χ0n) is 12.2. The smallest absolute Gasteiger partial charge is 0.226 e. The zero-order chi connectivity index (χ0) is 15.2. The van der Waals surface area contributed by atoms with Crippen molar-refractivity contribution in [1.29, 1.82) is 0 Å². The number of hydrogen-bond acceptors (Lipinski definition) is 2. The Morgan fingerprint density at radius 1 is 1.05 bits per heavy atom. The average Bonchev–Trinajstić information content (AvgIpc) is 2.37. The van der Waals surface area contributed by atoms with Gasteiger partial charge in [-0.3, -0.25) is 4.79 Å². The molecule has 2 aromatic rings. The summed E-state index contributed by atoms with van der Waals surface area (Å²) in [4.78, 5) is 11.9. The van der Waals surface area contributed by atoms with Crippen molar-refractivity contribution in [3.63, 3.8) is 0 Å². The first kappa shape index (κ1) is 15.6.